The average molecular weight is 545 g/mol. The fourth-order valence-electron chi connectivity index (χ4n) is 5.62. The highest BCUT2D eigenvalue weighted by molar-refractivity contribution is 6.13. The van der Waals surface area contributed by atoms with E-state index in [-0.39, 0.29) is 28.3 Å². The number of hydrogen-bond acceptors (Lipinski definition) is 4. The number of halogens is 3. The summed E-state index contributed by atoms with van der Waals surface area (Å²) in [5.41, 5.74) is 3.25. The normalized spacial score (nSPS) is 16.7. The number of benzene rings is 3. The van der Waals surface area contributed by atoms with Crippen molar-refractivity contribution >= 4 is 17.4 Å². The summed E-state index contributed by atoms with van der Waals surface area (Å²) in [6, 6.07) is 21.5. The first-order chi connectivity index (χ1) is 19.1. The average Bonchev–Trinajstić information content (AvgIpc) is 3.54. The van der Waals surface area contributed by atoms with Gasteiger partial charge >= 0.3 is 6.18 Å². The highest BCUT2D eigenvalue weighted by Crippen LogP contribution is 2.52. The van der Waals surface area contributed by atoms with Gasteiger partial charge in [0, 0.05) is 16.8 Å². The van der Waals surface area contributed by atoms with E-state index >= 15 is 0 Å². The number of carbonyl (C=O) groups is 1. The molecule has 1 unspecified atom stereocenters. The van der Waals surface area contributed by atoms with E-state index in [9.17, 15) is 22.8 Å². The molecule has 202 valence electrons. The number of anilines is 2. The maximum Gasteiger partial charge on any atom is 0.433 e. The highest BCUT2D eigenvalue weighted by Gasteiger charge is 2.59. The van der Waals surface area contributed by atoms with E-state index in [2.05, 4.69) is 15.5 Å². The summed E-state index contributed by atoms with van der Waals surface area (Å²) >= 11 is 0. The lowest BCUT2D eigenvalue weighted by molar-refractivity contribution is -0.142. The Morgan fingerprint density at radius 2 is 1.48 bits per heavy atom. The lowest BCUT2D eigenvalue weighted by Gasteiger charge is -2.28. The number of nitrogen functional groups attached to an aromatic ring is 1. The molecule has 4 N–H and O–H groups in total. The van der Waals surface area contributed by atoms with Gasteiger partial charge in [0.15, 0.2) is 0 Å². The van der Waals surface area contributed by atoms with Gasteiger partial charge in [0.05, 0.1) is 22.6 Å². The van der Waals surface area contributed by atoms with Crippen molar-refractivity contribution in [1.29, 1.82) is 0 Å². The van der Waals surface area contributed by atoms with Crippen LogP contribution in [0.4, 0.5) is 24.7 Å². The molecule has 0 aliphatic carbocycles. The van der Waals surface area contributed by atoms with Crippen molar-refractivity contribution < 1.29 is 18.0 Å². The third-order valence-corrected chi connectivity index (χ3v) is 7.29. The summed E-state index contributed by atoms with van der Waals surface area (Å²) in [7, 11) is 0. The molecule has 0 spiro atoms. The minimum absolute atomic E-state index is 0.0000136. The van der Waals surface area contributed by atoms with E-state index in [1.165, 1.54) is 16.8 Å². The molecule has 40 heavy (non-hydrogen) atoms. The van der Waals surface area contributed by atoms with Crippen molar-refractivity contribution in [3.05, 3.63) is 123 Å². The Balaban J connectivity index is 1.79. The van der Waals surface area contributed by atoms with Crippen molar-refractivity contribution in [3.63, 3.8) is 0 Å². The van der Waals surface area contributed by atoms with Crippen LogP contribution >= 0.6 is 0 Å². The lowest BCUT2D eigenvalue weighted by atomic mass is 9.69. The number of aryl methyl sites for hydroxylation is 2. The second kappa shape index (κ2) is 8.73. The Labute approximate surface area is 225 Å². The standard InChI is InChI=1S/C29H23F3N6O2/c1-16-10-9-15-20-23(16)34-27(40)28(20,21-17(2)35-37(25(21)33)18-11-5-3-6-12-18)22-24(29(30,31)32)36-38(26(22)39)19-13-7-4-8-14-19/h3-15,36H,33H2,1-2H3,(H,34,40). The molecule has 0 bridgehead atoms. The maximum atomic E-state index is 14.8. The summed E-state index contributed by atoms with van der Waals surface area (Å²) in [5.74, 6) is -0.894. The van der Waals surface area contributed by atoms with Crippen LogP contribution in [0.15, 0.2) is 83.7 Å². The van der Waals surface area contributed by atoms with Gasteiger partial charge in [0.2, 0.25) is 5.91 Å². The van der Waals surface area contributed by atoms with E-state index < -0.39 is 34.3 Å². The molecule has 3 heterocycles. The quantitative estimate of drug-likeness (QED) is 0.300. The molecule has 8 nitrogen and oxygen atoms in total. The fourth-order valence-corrected chi connectivity index (χ4v) is 5.62. The molecule has 11 heteroatoms. The number of amides is 1. The molecule has 0 fully saturated rings. The van der Waals surface area contributed by atoms with Gasteiger partial charge < -0.3 is 11.1 Å². The second-order valence-electron chi connectivity index (χ2n) is 9.63. The summed E-state index contributed by atoms with van der Waals surface area (Å²) < 4.78 is 46.5. The van der Waals surface area contributed by atoms with Gasteiger partial charge in [-0.15, -0.1) is 0 Å². The van der Waals surface area contributed by atoms with Crippen LogP contribution in [0.3, 0.4) is 0 Å². The topological polar surface area (TPSA) is 111 Å². The number of nitrogens with one attached hydrogen (secondary N) is 2. The van der Waals surface area contributed by atoms with Crippen LogP contribution in [0.25, 0.3) is 11.4 Å². The molecule has 1 atom stereocenters. The maximum absolute atomic E-state index is 14.8. The minimum Gasteiger partial charge on any atom is -0.383 e. The highest BCUT2D eigenvalue weighted by atomic mass is 19.4. The summed E-state index contributed by atoms with van der Waals surface area (Å²) in [5, 5.41) is 9.53. The molecule has 0 radical (unpaired) electrons. The number of aromatic nitrogens is 4. The molecule has 1 amide bonds. The Hall–Kier alpha value is -5.06. The second-order valence-corrected chi connectivity index (χ2v) is 9.63. The van der Waals surface area contributed by atoms with E-state index in [4.69, 9.17) is 5.73 Å². The molecular formula is C29H23F3N6O2. The number of nitrogens with zero attached hydrogens (tertiary/aromatic N) is 3. The summed E-state index contributed by atoms with van der Waals surface area (Å²) in [6.45, 7) is 3.28. The third kappa shape index (κ3) is 3.43. The number of rotatable bonds is 4. The molecule has 1 aliphatic rings. The zero-order chi connectivity index (χ0) is 28.4. The molecule has 0 saturated carbocycles. The van der Waals surface area contributed by atoms with Crippen molar-refractivity contribution in [2.75, 3.05) is 11.1 Å². The Kier molecular flexibility index (Phi) is 5.51. The predicted molar refractivity (Wildman–Crippen MR) is 144 cm³/mol. The number of aromatic amines is 1. The Bertz CT molecular complexity index is 1840. The SMILES string of the molecule is Cc1cccc2c1NC(=O)C2(c1c(C)nn(-c2ccccc2)c1N)c1c(C(F)(F)F)[nH]n(-c2ccccc2)c1=O. The van der Waals surface area contributed by atoms with Gasteiger partial charge in [0.25, 0.3) is 5.56 Å². The first-order valence-corrected chi connectivity index (χ1v) is 12.4. The number of carbonyl (C=O) groups excluding carboxylic acids is 1. The van der Waals surface area contributed by atoms with Crippen molar-refractivity contribution in [2.24, 2.45) is 0 Å². The largest absolute Gasteiger partial charge is 0.433 e. The summed E-state index contributed by atoms with van der Waals surface area (Å²) in [4.78, 5) is 28.3. The zero-order valence-electron chi connectivity index (χ0n) is 21.4. The Morgan fingerprint density at radius 3 is 2.10 bits per heavy atom. The van der Waals surface area contributed by atoms with Gasteiger partial charge in [0.1, 0.15) is 16.9 Å². The van der Waals surface area contributed by atoms with Crippen LogP contribution < -0.4 is 16.6 Å². The van der Waals surface area contributed by atoms with Crippen LogP contribution in [0, 0.1) is 13.8 Å². The van der Waals surface area contributed by atoms with Crippen molar-refractivity contribution in [3.8, 4) is 11.4 Å². The van der Waals surface area contributed by atoms with Gasteiger partial charge in [-0.1, -0.05) is 54.6 Å². The molecule has 6 rings (SSSR count). The number of H-pyrrole nitrogens is 1. The monoisotopic (exact) mass is 544 g/mol. The number of para-hydroxylation sites is 3. The van der Waals surface area contributed by atoms with Gasteiger partial charge in [-0.05, 0) is 43.7 Å². The van der Waals surface area contributed by atoms with Crippen LogP contribution in [0.5, 0.6) is 0 Å². The molecule has 0 saturated heterocycles. The smallest absolute Gasteiger partial charge is 0.383 e. The van der Waals surface area contributed by atoms with E-state index in [1.807, 2.05) is 0 Å². The zero-order valence-corrected chi connectivity index (χ0v) is 21.4. The molecule has 1 aliphatic heterocycles. The fraction of sp³-hybridized carbons (Fsp3) is 0.138. The molecule has 5 aromatic rings. The molecule has 3 aromatic carbocycles. The first kappa shape index (κ1) is 25.2. The van der Waals surface area contributed by atoms with E-state index in [0.717, 1.165) is 4.68 Å². The minimum atomic E-state index is -5.02. The van der Waals surface area contributed by atoms with E-state index in [1.54, 1.807) is 80.6 Å². The van der Waals surface area contributed by atoms with Gasteiger partial charge in [-0.2, -0.15) is 18.3 Å². The lowest BCUT2D eigenvalue weighted by Crippen LogP contribution is -2.43. The predicted octanol–water partition coefficient (Wildman–Crippen LogP) is 4.86. The number of fused-ring (bicyclic) bond motifs is 1. The molecular weight excluding hydrogens is 521 g/mol. The Morgan fingerprint density at radius 1 is 0.850 bits per heavy atom. The first-order valence-electron chi connectivity index (χ1n) is 12.4. The van der Waals surface area contributed by atoms with Gasteiger partial charge in [-0.25, -0.2) is 9.36 Å². The van der Waals surface area contributed by atoms with Gasteiger partial charge in [-0.3, -0.25) is 14.7 Å². The van der Waals surface area contributed by atoms with Crippen LogP contribution in [-0.4, -0.2) is 25.5 Å². The third-order valence-electron chi connectivity index (χ3n) is 7.29. The number of alkyl halides is 3. The molecule has 2 aromatic heterocycles. The number of nitrogens with two attached hydrogens (primary N) is 1. The van der Waals surface area contributed by atoms with Crippen LogP contribution in [0.1, 0.15) is 33.6 Å². The van der Waals surface area contributed by atoms with Crippen LogP contribution in [0.2, 0.25) is 0 Å². The number of hydrogen-bond donors (Lipinski definition) is 3. The van der Waals surface area contributed by atoms with Crippen molar-refractivity contribution in [1.82, 2.24) is 19.6 Å². The van der Waals surface area contributed by atoms with Crippen LogP contribution in [-0.2, 0) is 16.4 Å². The van der Waals surface area contributed by atoms with Crippen molar-refractivity contribution in [2.45, 2.75) is 25.4 Å². The summed E-state index contributed by atoms with van der Waals surface area (Å²) in [6.07, 6.45) is -5.02. The van der Waals surface area contributed by atoms with E-state index in [0.29, 0.717) is 16.9 Å².